The summed E-state index contributed by atoms with van der Waals surface area (Å²) >= 11 is 6.00. The van der Waals surface area contributed by atoms with Gasteiger partial charge in [0.25, 0.3) is 5.91 Å². The van der Waals surface area contributed by atoms with Crippen molar-refractivity contribution in [2.75, 3.05) is 19.6 Å². The Morgan fingerprint density at radius 1 is 1.17 bits per heavy atom. The molecule has 0 radical (unpaired) electrons. The molecule has 1 N–H and O–H groups in total. The lowest BCUT2D eigenvalue weighted by molar-refractivity contribution is 0.0897. The molecule has 1 aromatic carbocycles. The number of benzene rings is 1. The van der Waals surface area contributed by atoms with E-state index in [1.165, 1.54) is 31.1 Å². The second kappa shape index (κ2) is 7.66. The topological polar surface area (TPSA) is 45.5 Å². The fourth-order valence-corrected chi connectivity index (χ4v) is 3.18. The molecule has 2 heterocycles. The van der Waals surface area contributed by atoms with Crippen LogP contribution in [0.4, 0.5) is 0 Å². The highest BCUT2D eigenvalue weighted by molar-refractivity contribution is 6.30. The minimum atomic E-state index is -0.175. The van der Waals surface area contributed by atoms with E-state index < -0.39 is 0 Å². The van der Waals surface area contributed by atoms with Crippen LogP contribution in [0.5, 0.6) is 0 Å². The molecule has 0 bridgehead atoms. The molecule has 0 aliphatic carbocycles. The maximum atomic E-state index is 12.1. The molecule has 1 aliphatic heterocycles. The predicted molar refractivity (Wildman–Crippen MR) is 90.7 cm³/mol. The van der Waals surface area contributed by atoms with Gasteiger partial charge < -0.3 is 9.73 Å². The Kier molecular flexibility index (Phi) is 5.36. The van der Waals surface area contributed by atoms with Gasteiger partial charge in [-0.3, -0.25) is 9.69 Å². The van der Waals surface area contributed by atoms with Crippen LogP contribution in [0.15, 0.2) is 47.1 Å². The van der Waals surface area contributed by atoms with E-state index in [2.05, 4.69) is 10.2 Å². The molecule has 0 saturated carbocycles. The summed E-state index contributed by atoms with van der Waals surface area (Å²) in [5.41, 5.74) is 1.18. The van der Waals surface area contributed by atoms with Crippen LogP contribution in [0, 0.1) is 0 Å². The molecule has 1 amide bonds. The number of nitrogens with zero attached hydrogens (tertiary/aromatic N) is 1. The van der Waals surface area contributed by atoms with Crippen LogP contribution in [0.3, 0.4) is 0 Å². The minimum Gasteiger partial charge on any atom is -0.459 e. The molecule has 5 heteroatoms. The number of hydrogen-bond donors (Lipinski definition) is 1. The maximum Gasteiger partial charge on any atom is 0.287 e. The number of hydrogen-bond acceptors (Lipinski definition) is 3. The molecular formula is C18H21ClN2O2. The summed E-state index contributed by atoms with van der Waals surface area (Å²) in [6, 6.07) is 11.4. The van der Waals surface area contributed by atoms with Crippen molar-refractivity contribution >= 4 is 17.5 Å². The summed E-state index contributed by atoms with van der Waals surface area (Å²) < 4.78 is 5.15. The van der Waals surface area contributed by atoms with Crippen molar-refractivity contribution in [1.29, 1.82) is 0 Å². The highest BCUT2D eigenvalue weighted by Gasteiger charge is 2.23. The molecule has 23 heavy (non-hydrogen) atoms. The summed E-state index contributed by atoms with van der Waals surface area (Å²) in [4.78, 5) is 14.6. The monoisotopic (exact) mass is 332 g/mol. The van der Waals surface area contributed by atoms with Crippen LogP contribution in [-0.4, -0.2) is 30.4 Å². The zero-order chi connectivity index (χ0) is 16.1. The number of piperidine rings is 1. The van der Waals surface area contributed by atoms with Crippen molar-refractivity contribution in [2.45, 2.75) is 25.3 Å². The summed E-state index contributed by atoms with van der Waals surface area (Å²) in [5.74, 6) is 0.171. The Balaban J connectivity index is 1.72. The minimum absolute atomic E-state index is 0.159. The van der Waals surface area contributed by atoms with Gasteiger partial charge in [0.15, 0.2) is 5.76 Å². The fourth-order valence-electron chi connectivity index (χ4n) is 3.06. The van der Waals surface area contributed by atoms with Gasteiger partial charge in [-0.1, -0.05) is 30.2 Å². The lowest BCUT2D eigenvalue weighted by Crippen LogP contribution is -2.40. The number of rotatable bonds is 5. The molecule has 1 atom stereocenters. The molecule has 0 spiro atoms. The molecular weight excluding hydrogens is 312 g/mol. The van der Waals surface area contributed by atoms with Crippen LogP contribution in [-0.2, 0) is 0 Å². The zero-order valence-corrected chi connectivity index (χ0v) is 13.8. The summed E-state index contributed by atoms with van der Waals surface area (Å²) in [7, 11) is 0. The molecule has 1 fully saturated rings. The molecule has 4 nitrogen and oxygen atoms in total. The Morgan fingerprint density at radius 2 is 1.91 bits per heavy atom. The van der Waals surface area contributed by atoms with Crippen molar-refractivity contribution in [2.24, 2.45) is 0 Å². The SMILES string of the molecule is O=C(NC[C@@H](c1ccc(Cl)cc1)N1CCCCC1)c1ccco1. The number of carbonyl (C=O) groups excluding carboxylic acids is 1. The fraction of sp³-hybridized carbons (Fsp3) is 0.389. The van der Waals surface area contributed by atoms with Crippen molar-refractivity contribution in [3.63, 3.8) is 0 Å². The Labute approximate surface area is 141 Å². The third-order valence-corrected chi connectivity index (χ3v) is 4.54. The number of nitrogens with one attached hydrogen (secondary N) is 1. The van der Waals surface area contributed by atoms with E-state index in [0.29, 0.717) is 12.3 Å². The van der Waals surface area contributed by atoms with Gasteiger partial charge in [-0.05, 0) is 55.8 Å². The summed E-state index contributed by atoms with van der Waals surface area (Å²) in [6.07, 6.45) is 5.20. The van der Waals surface area contributed by atoms with Gasteiger partial charge in [0.2, 0.25) is 0 Å². The second-order valence-electron chi connectivity index (χ2n) is 5.85. The molecule has 1 aliphatic rings. The average Bonchev–Trinajstić information content (AvgIpc) is 3.12. The van der Waals surface area contributed by atoms with Crippen molar-refractivity contribution in [3.8, 4) is 0 Å². The second-order valence-corrected chi connectivity index (χ2v) is 6.29. The molecule has 122 valence electrons. The van der Waals surface area contributed by atoms with Gasteiger partial charge in [-0.15, -0.1) is 0 Å². The zero-order valence-electron chi connectivity index (χ0n) is 13.0. The lowest BCUT2D eigenvalue weighted by Gasteiger charge is -2.35. The first-order valence-electron chi connectivity index (χ1n) is 8.05. The molecule has 1 saturated heterocycles. The highest BCUT2D eigenvalue weighted by Crippen LogP contribution is 2.25. The quantitative estimate of drug-likeness (QED) is 0.903. The van der Waals surface area contributed by atoms with Crippen molar-refractivity contribution in [3.05, 3.63) is 59.0 Å². The number of carbonyl (C=O) groups is 1. The normalized spacial score (nSPS) is 16.9. The van der Waals surface area contributed by atoms with Gasteiger partial charge in [-0.2, -0.15) is 0 Å². The Hall–Kier alpha value is -1.78. The molecule has 3 rings (SSSR count). The first kappa shape index (κ1) is 16.1. The van der Waals surface area contributed by atoms with Gasteiger partial charge in [-0.25, -0.2) is 0 Å². The first-order chi connectivity index (χ1) is 11.2. The first-order valence-corrected chi connectivity index (χ1v) is 8.43. The van der Waals surface area contributed by atoms with Crippen molar-refractivity contribution < 1.29 is 9.21 Å². The third kappa shape index (κ3) is 4.15. The largest absolute Gasteiger partial charge is 0.459 e. The third-order valence-electron chi connectivity index (χ3n) is 4.29. The van der Waals surface area contributed by atoms with E-state index >= 15 is 0 Å². The van der Waals surface area contributed by atoms with Gasteiger partial charge >= 0.3 is 0 Å². The Morgan fingerprint density at radius 3 is 2.57 bits per heavy atom. The Bertz CT molecular complexity index is 619. The predicted octanol–water partition coefficient (Wildman–Crippen LogP) is 3.89. The van der Waals surface area contributed by atoms with E-state index in [-0.39, 0.29) is 11.9 Å². The average molecular weight is 333 g/mol. The van der Waals surface area contributed by atoms with E-state index in [4.69, 9.17) is 16.0 Å². The number of amides is 1. The van der Waals surface area contributed by atoms with Crippen LogP contribution >= 0.6 is 11.6 Å². The lowest BCUT2D eigenvalue weighted by atomic mass is 10.0. The van der Waals surface area contributed by atoms with Crippen LogP contribution in [0.25, 0.3) is 0 Å². The molecule has 1 aromatic heterocycles. The standard InChI is InChI=1S/C18H21ClN2O2/c19-15-8-6-14(7-9-15)16(21-10-2-1-3-11-21)13-20-18(22)17-5-4-12-23-17/h4-9,12,16H,1-3,10-11,13H2,(H,20,22)/t16-/m0/s1. The van der Waals surface area contributed by atoms with E-state index in [1.807, 2.05) is 24.3 Å². The van der Waals surface area contributed by atoms with E-state index in [9.17, 15) is 4.79 Å². The molecule has 0 unspecified atom stereocenters. The summed E-state index contributed by atoms with van der Waals surface area (Å²) in [6.45, 7) is 2.68. The van der Waals surface area contributed by atoms with Gasteiger partial charge in [0, 0.05) is 11.6 Å². The van der Waals surface area contributed by atoms with E-state index in [1.54, 1.807) is 12.1 Å². The van der Waals surface area contributed by atoms with Crippen LogP contribution in [0.2, 0.25) is 5.02 Å². The van der Waals surface area contributed by atoms with Gasteiger partial charge in [0.1, 0.15) is 0 Å². The maximum absolute atomic E-state index is 12.1. The summed E-state index contributed by atoms with van der Waals surface area (Å²) in [5, 5.41) is 3.72. The molecule has 2 aromatic rings. The number of likely N-dealkylation sites (tertiary alicyclic amines) is 1. The highest BCUT2D eigenvalue weighted by atomic mass is 35.5. The number of furan rings is 1. The van der Waals surface area contributed by atoms with Crippen LogP contribution < -0.4 is 5.32 Å². The smallest absolute Gasteiger partial charge is 0.287 e. The van der Waals surface area contributed by atoms with Gasteiger partial charge in [0.05, 0.1) is 12.3 Å². The van der Waals surface area contributed by atoms with Crippen LogP contribution in [0.1, 0.15) is 41.4 Å². The van der Waals surface area contributed by atoms with Crippen molar-refractivity contribution in [1.82, 2.24) is 10.2 Å². The number of halogens is 1. The van der Waals surface area contributed by atoms with E-state index in [0.717, 1.165) is 18.1 Å².